The fraction of sp³-hybridized carbons (Fsp3) is 0.562. The molecule has 1 saturated heterocycles. The van der Waals surface area contributed by atoms with Crippen LogP contribution in [0.3, 0.4) is 0 Å². The molecule has 0 N–H and O–H groups in total. The molecule has 0 spiro atoms. The summed E-state index contributed by atoms with van der Waals surface area (Å²) in [6, 6.07) is 5.96. The Kier molecular flexibility index (Phi) is 4.43. The van der Waals surface area contributed by atoms with E-state index in [4.69, 9.17) is 23.2 Å². The largest absolute Gasteiger partial charge is 0.326 e. The smallest absolute Gasteiger partial charge is 0.127 e. The number of halogens is 2. The van der Waals surface area contributed by atoms with Crippen molar-refractivity contribution in [1.29, 1.82) is 0 Å². The van der Waals surface area contributed by atoms with E-state index in [1.165, 1.54) is 13.0 Å². The lowest BCUT2D eigenvalue weighted by atomic mass is 10.1. The van der Waals surface area contributed by atoms with Crippen LogP contribution >= 0.6 is 23.2 Å². The van der Waals surface area contributed by atoms with Crippen molar-refractivity contribution >= 4 is 34.2 Å². The molecule has 1 aromatic carbocycles. The highest BCUT2D eigenvalue weighted by molar-refractivity contribution is 6.35. The number of aromatic nitrogens is 2. The topological polar surface area (TPSA) is 21.1 Å². The van der Waals surface area contributed by atoms with E-state index < -0.39 is 0 Å². The number of para-hydroxylation sites is 1. The first-order chi connectivity index (χ1) is 10.1. The van der Waals surface area contributed by atoms with E-state index in [1.54, 1.807) is 0 Å². The molecule has 2 heterocycles. The highest BCUT2D eigenvalue weighted by atomic mass is 35.5. The Labute approximate surface area is 135 Å². The molecule has 1 aliphatic heterocycles. The predicted octanol–water partition coefficient (Wildman–Crippen LogP) is 4.33. The summed E-state index contributed by atoms with van der Waals surface area (Å²) in [5.74, 6) is 1.59. The van der Waals surface area contributed by atoms with Crippen molar-refractivity contribution in [1.82, 2.24) is 14.5 Å². The van der Waals surface area contributed by atoms with Crippen LogP contribution in [-0.4, -0.2) is 34.1 Å². The number of rotatable bonds is 4. The predicted molar refractivity (Wildman–Crippen MR) is 89.2 cm³/mol. The average molecular weight is 326 g/mol. The Morgan fingerprint density at radius 3 is 2.90 bits per heavy atom. The zero-order chi connectivity index (χ0) is 15.0. The maximum Gasteiger partial charge on any atom is 0.127 e. The SMILES string of the molecule is CCN1CCC(Cn2c(C(C)Cl)nc3c(Cl)cccc32)C1. The summed E-state index contributed by atoms with van der Waals surface area (Å²) >= 11 is 12.6. The van der Waals surface area contributed by atoms with Crippen LogP contribution in [0.15, 0.2) is 18.2 Å². The maximum absolute atomic E-state index is 6.34. The third kappa shape index (κ3) is 2.92. The van der Waals surface area contributed by atoms with Gasteiger partial charge < -0.3 is 9.47 Å². The number of hydrogen-bond acceptors (Lipinski definition) is 2. The van der Waals surface area contributed by atoms with Crippen LogP contribution in [0.2, 0.25) is 5.02 Å². The van der Waals surface area contributed by atoms with Crippen LogP contribution in [0.25, 0.3) is 11.0 Å². The molecule has 21 heavy (non-hydrogen) atoms. The molecular weight excluding hydrogens is 305 g/mol. The second-order valence-corrected chi connectivity index (χ2v) is 6.91. The monoisotopic (exact) mass is 325 g/mol. The first kappa shape index (κ1) is 15.1. The molecular formula is C16H21Cl2N3. The minimum Gasteiger partial charge on any atom is -0.326 e. The first-order valence-corrected chi connectivity index (χ1v) is 8.42. The van der Waals surface area contributed by atoms with Crippen molar-refractivity contribution in [3.05, 3.63) is 29.0 Å². The van der Waals surface area contributed by atoms with Gasteiger partial charge in [-0.2, -0.15) is 0 Å². The molecule has 0 aliphatic carbocycles. The summed E-state index contributed by atoms with van der Waals surface area (Å²) < 4.78 is 2.27. The minimum absolute atomic E-state index is 0.114. The van der Waals surface area contributed by atoms with Gasteiger partial charge in [-0.1, -0.05) is 24.6 Å². The third-order valence-electron chi connectivity index (χ3n) is 4.37. The van der Waals surface area contributed by atoms with Gasteiger partial charge in [0.05, 0.1) is 15.9 Å². The Bertz CT molecular complexity index is 636. The van der Waals surface area contributed by atoms with Gasteiger partial charge in [-0.05, 0) is 44.5 Å². The Morgan fingerprint density at radius 1 is 1.43 bits per heavy atom. The van der Waals surface area contributed by atoms with Crippen molar-refractivity contribution in [2.75, 3.05) is 19.6 Å². The van der Waals surface area contributed by atoms with Crippen molar-refractivity contribution in [3.8, 4) is 0 Å². The summed E-state index contributed by atoms with van der Waals surface area (Å²) in [6.45, 7) is 8.65. The van der Waals surface area contributed by atoms with Crippen LogP contribution in [-0.2, 0) is 6.54 Å². The lowest BCUT2D eigenvalue weighted by Crippen LogP contribution is -2.21. The van der Waals surface area contributed by atoms with Crippen LogP contribution < -0.4 is 0 Å². The Balaban J connectivity index is 1.96. The fourth-order valence-electron chi connectivity index (χ4n) is 3.23. The van der Waals surface area contributed by atoms with Gasteiger partial charge in [-0.25, -0.2) is 4.98 Å². The molecule has 0 radical (unpaired) electrons. The summed E-state index contributed by atoms with van der Waals surface area (Å²) in [5.41, 5.74) is 1.96. The van der Waals surface area contributed by atoms with Crippen molar-refractivity contribution in [2.45, 2.75) is 32.2 Å². The molecule has 1 aromatic heterocycles. The third-order valence-corrected chi connectivity index (χ3v) is 4.87. The van der Waals surface area contributed by atoms with Crippen LogP contribution in [0.4, 0.5) is 0 Å². The molecule has 5 heteroatoms. The second-order valence-electron chi connectivity index (χ2n) is 5.85. The van der Waals surface area contributed by atoms with E-state index >= 15 is 0 Å². The normalized spacial score (nSPS) is 21.2. The Hall–Kier alpha value is -0.770. The van der Waals surface area contributed by atoms with Gasteiger partial charge >= 0.3 is 0 Å². The number of alkyl halides is 1. The summed E-state index contributed by atoms with van der Waals surface area (Å²) in [5, 5.41) is 0.587. The van der Waals surface area contributed by atoms with Gasteiger partial charge in [0.1, 0.15) is 11.3 Å². The minimum atomic E-state index is -0.114. The zero-order valence-electron chi connectivity index (χ0n) is 12.5. The number of fused-ring (bicyclic) bond motifs is 1. The number of nitrogens with zero attached hydrogens (tertiary/aromatic N) is 3. The molecule has 0 saturated carbocycles. The quantitative estimate of drug-likeness (QED) is 0.780. The number of hydrogen-bond donors (Lipinski definition) is 0. The number of benzene rings is 1. The van der Waals surface area contributed by atoms with E-state index in [-0.39, 0.29) is 5.38 Å². The van der Waals surface area contributed by atoms with Crippen LogP contribution in [0, 0.1) is 5.92 Å². The highest BCUT2D eigenvalue weighted by Gasteiger charge is 2.24. The first-order valence-electron chi connectivity index (χ1n) is 7.61. The lowest BCUT2D eigenvalue weighted by Gasteiger charge is -2.16. The molecule has 2 unspecified atom stereocenters. The second kappa shape index (κ2) is 6.15. The van der Waals surface area contributed by atoms with Gasteiger partial charge in [0, 0.05) is 13.1 Å². The Morgan fingerprint density at radius 2 is 2.24 bits per heavy atom. The standard InChI is InChI=1S/C16H21Cl2N3/c1-3-20-8-7-12(9-20)10-21-14-6-4-5-13(18)15(14)19-16(21)11(2)17/h4-6,11-12H,3,7-10H2,1-2H3. The maximum atomic E-state index is 6.34. The fourth-order valence-corrected chi connectivity index (χ4v) is 3.61. The zero-order valence-corrected chi connectivity index (χ0v) is 14.0. The highest BCUT2D eigenvalue weighted by Crippen LogP contribution is 2.30. The van der Waals surface area contributed by atoms with E-state index in [2.05, 4.69) is 27.4 Å². The van der Waals surface area contributed by atoms with E-state index in [0.717, 1.165) is 36.5 Å². The number of likely N-dealkylation sites (tertiary alicyclic amines) is 1. The van der Waals surface area contributed by atoms with Gasteiger partial charge in [-0.15, -0.1) is 11.6 Å². The van der Waals surface area contributed by atoms with Gasteiger partial charge in [0.2, 0.25) is 0 Å². The number of imidazole rings is 1. The van der Waals surface area contributed by atoms with Gasteiger partial charge in [0.15, 0.2) is 0 Å². The average Bonchev–Trinajstić information content (AvgIpc) is 3.05. The molecule has 0 bridgehead atoms. The van der Waals surface area contributed by atoms with Crippen LogP contribution in [0.5, 0.6) is 0 Å². The van der Waals surface area contributed by atoms with E-state index in [1.807, 2.05) is 19.1 Å². The molecule has 1 fully saturated rings. The summed E-state index contributed by atoms with van der Waals surface area (Å²) in [4.78, 5) is 7.18. The van der Waals surface area contributed by atoms with Gasteiger partial charge in [0.25, 0.3) is 0 Å². The van der Waals surface area contributed by atoms with Crippen molar-refractivity contribution in [2.24, 2.45) is 5.92 Å². The molecule has 0 amide bonds. The van der Waals surface area contributed by atoms with Gasteiger partial charge in [-0.3, -0.25) is 0 Å². The van der Waals surface area contributed by atoms with E-state index in [9.17, 15) is 0 Å². The molecule has 3 rings (SSSR count). The van der Waals surface area contributed by atoms with E-state index in [0.29, 0.717) is 10.9 Å². The molecule has 114 valence electrons. The van der Waals surface area contributed by atoms with Crippen LogP contribution in [0.1, 0.15) is 31.5 Å². The summed E-state index contributed by atoms with van der Waals surface area (Å²) in [6.07, 6.45) is 1.24. The molecule has 2 atom stereocenters. The molecule has 1 aliphatic rings. The van der Waals surface area contributed by atoms with Crippen molar-refractivity contribution in [3.63, 3.8) is 0 Å². The molecule has 2 aromatic rings. The summed E-state index contributed by atoms with van der Waals surface area (Å²) in [7, 11) is 0. The van der Waals surface area contributed by atoms with Crippen molar-refractivity contribution < 1.29 is 0 Å². The molecule has 3 nitrogen and oxygen atoms in total. The lowest BCUT2D eigenvalue weighted by molar-refractivity contribution is 0.332.